The Morgan fingerprint density at radius 2 is 2.04 bits per heavy atom. The fourth-order valence-corrected chi connectivity index (χ4v) is 4.01. The number of carbonyl (C=O) groups is 1. The summed E-state index contributed by atoms with van der Waals surface area (Å²) in [7, 11) is 0. The van der Waals surface area contributed by atoms with Crippen LogP contribution in [-0.4, -0.2) is 12.4 Å². The van der Waals surface area contributed by atoms with Crippen molar-refractivity contribution >= 4 is 38.9 Å². The number of rotatable bonds is 4. The molecule has 4 heteroatoms. The predicted molar refractivity (Wildman–Crippen MR) is 111 cm³/mol. The van der Waals surface area contributed by atoms with Gasteiger partial charge >= 0.3 is 0 Å². The van der Waals surface area contributed by atoms with Crippen molar-refractivity contribution in [2.75, 3.05) is 6.61 Å². The first-order valence-electron chi connectivity index (χ1n) is 8.82. The van der Waals surface area contributed by atoms with Gasteiger partial charge in [-0.05, 0) is 66.3 Å². The molecule has 1 unspecified atom stereocenters. The highest BCUT2D eigenvalue weighted by Crippen LogP contribution is 2.35. The molecule has 0 bridgehead atoms. The molecule has 26 heavy (non-hydrogen) atoms. The van der Waals surface area contributed by atoms with Crippen molar-refractivity contribution in [3.63, 3.8) is 0 Å². The van der Waals surface area contributed by atoms with E-state index >= 15 is 0 Å². The maximum atomic E-state index is 13.3. The molecule has 1 atom stereocenters. The SMILES string of the molecule is C/C=C(/C(=O)C1COc2ccc(Cl)cc2C1)c1ccc(Br)cc1C(C)C. The molecule has 0 saturated heterocycles. The molecule has 0 amide bonds. The fraction of sp³-hybridized carbons (Fsp3) is 0.318. The van der Waals surface area contributed by atoms with Crippen LogP contribution >= 0.6 is 27.5 Å². The first-order chi connectivity index (χ1) is 12.4. The molecule has 2 aromatic carbocycles. The average Bonchev–Trinajstić information content (AvgIpc) is 2.62. The van der Waals surface area contributed by atoms with E-state index < -0.39 is 0 Å². The van der Waals surface area contributed by atoms with Gasteiger partial charge in [-0.1, -0.05) is 53.5 Å². The van der Waals surface area contributed by atoms with Crippen molar-refractivity contribution in [3.8, 4) is 5.75 Å². The Bertz CT molecular complexity index is 870. The fourth-order valence-electron chi connectivity index (χ4n) is 3.44. The molecule has 0 saturated carbocycles. The second-order valence-electron chi connectivity index (χ2n) is 6.92. The summed E-state index contributed by atoms with van der Waals surface area (Å²) in [5.74, 6) is 1.08. The molecule has 136 valence electrons. The van der Waals surface area contributed by atoms with E-state index in [2.05, 4.69) is 35.8 Å². The highest BCUT2D eigenvalue weighted by molar-refractivity contribution is 9.10. The summed E-state index contributed by atoms with van der Waals surface area (Å²) in [5.41, 5.74) is 3.94. The Hall–Kier alpha value is -1.58. The van der Waals surface area contributed by atoms with E-state index in [1.165, 1.54) is 5.56 Å². The third-order valence-electron chi connectivity index (χ3n) is 4.78. The van der Waals surface area contributed by atoms with Crippen LogP contribution in [-0.2, 0) is 11.2 Å². The Labute approximate surface area is 168 Å². The van der Waals surface area contributed by atoms with Crippen molar-refractivity contribution in [3.05, 3.63) is 68.7 Å². The monoisotopic (exact) mass is 432 g/mol. The molecular weight excluding hydrogens is 412 g/mol. The van der Waals surface area contributed by atoms with E-state index in [0.29, 0.717) is 24.0 Å². The summed E-state index contributed by atoms with van der Waals surface area (Å²) in [6.45, 7) is 6.61. The lowest BCUT2D eigenvalue weighted by molar-refractivity contribution is -0.118. The van der Waals surface area contributed by atoms with Gasteiger partial charge in [-0.3, -0.25) is 4.79 Å². The molecule has 0 fully saturated rings. The number of hydrogen-bond acceptors (Lipinski definition) is 2. The molecule has 2 aromatic rings. The molecule has 1 aliphatic rings. The molecular formula is C22H22BrClO2. The van der Waals surface area contributed by atoms with Crippen LogP contribution in [0.25, 0.3) is 5.57 Å². The molecule has 0 N–H and O–H groups in total. The largest absolute Gasteiger partial charge is 0.493 e. The summed E-state index contributed by atoms with van der Waals surface area (Å²) in [6, 6.07) is 11.7. The summed E-state index contributed by atoms with van der Waals surface area (Å²) >= 11 is 9.64. The molecule has 0 radical (unpaired) electrons. The van der Waals surface area contributed by atoms with Crippen molar-refractivity contribution < 1.29 is 9.53 Å². The van der Waals surface area contributed by atoms with Crippen LogP contribution < -0.4 is 4.74 Å². The van der Waals surface area contributed by atoms with Crippen LogP contribution in [0.15, 0.2) is 46.9 Å². The highest BCUT2D eigenvalue weighted by Gasteiger charge is 2.29. The van der Waals surface area contributed by atoms with Crippen molar-refractivity contribution in [1.29, 1.82) is 0 Å². The molecule has 3 rings (SSSR count). The second-order valence-corrected chi connectivity index (χ2v) is 8.27. The van der Waals surface area contributed by atoms with Gasteiger partial charge in [0, 0.05) is 15.1 Å². The summed E-state index contributed by atoms with van der Waals surface area (Å²) in [4.78, 5) is 13.3. The maximum absolute atomic E-state index is 13.3. The van der Waals surface area contributed by atoms with Gasteiger partial charge in [-0.25, -0.2) is 0 Å². The smallest absolute Gasteiger partial charge is 0.169 e. The third kappa shape index (κ3) is 3.89. The number of benzene rings is 2. The normalized spacial score (nSPS) is 17.0. The third-order valence-corrected chi connectivity index (χ3v) is 5.51. The zero-order chi connectivity index (χ0) is 18.8. The number of carbonyl (C=O) groups excluding carboxylic acids is 1. The van der Waals surface area contributed by atoms with Crippen LogP contribution in [0.1, 0.15) is 43.4 Å². The maximum Gasteiger partial charge on any atom is 0.169 e. The Balaban J connectivity index is 1.92. The van der Waals surface area contributed by atoms with E-state index in [1.54, 1.807) is 0 Å². The lowest BCUT2D eigenvalue weighted by atomic mass is 9.84. The Kier molecular flexibility index (Phi) is 5.89. The van der Waals surface area contributed by atoms with Crippen LogP contribution in [0, 0.1) is 5.92 Å². The number of fused-ring (bicyclic) bond motifs is 1. The standard InChI is InChI=1S/C22H22BrClO2/c1-4-18(19-7-5-16(23)11-20(19)13(2)3)22(25)15-9-14-10-17(24)6-8-21(14)26-12-15/h4-8,10-11,13,15H,9,12H2,1-3H3/b18-4+. The Morgan fingerprint density at radius 1 is 1.27 bits per heavy atom. The van der Waals surface area contributed by atoms with Gasteiger partial charge in [0.15, 0.2) is 5.78 Å². The minimum atomic E-state index is -0.198. The molecule has 0 spiro atoms. The van der Waals surface area contributed by atoms with E-state index in [9.17, 15) is 4.79 Å². The molecule has 1 heterocycles. The zero-order valence-electron chi connectivity index (χ0n) is 15.2. The van der Waals surface area contributed by atoms with Gasteiger partial charge in [0.1, 0.15) is 5.75 Å². The zero-order valence-corrected chi connectivity index (χ0v) is 17.5. The number of ether oxygens (including phenoxy) is 1. The van der Waals surface area contributed by atoms with Gasteiger partial charge < -0.3 is 4.74 Å². The summed E-state index contributed by atoms with van der Waals surface area (Å²) in [5, 5.41) is 0.668. The number of ketones is 1. The van der Waals surface area contributed by atoms with Crippen LogP contribution in [0.3, 0.4) is 0 Å². The topological polar surface area (TPSA) is 26.3 Å². The van der Waals surface area contributed by atoms with E-state index in [1.807, 2.05) is 43.3 Å². The first-order valence-corrected chi connectivity index (χ1v) is 9.99. The van der Waals surface area contributed by atoms with Gasteiger partial charge in [-0.15, -0.1) is 0 Å². The molecule has 1 aliphatic heterocycles. The van der Waals surface area contributed by atoms with Crippen LogP contribution in [0.2, 0.25) is 5.02 Å². The minimum Gasteiger partial charge on any atom is -0.493 e. The molecule has 2 nitrogen and oxygen atoms in total. The number of allylic oxidation sites excluding steroid dienone is 2. The van der Waals surface area contributed by atoms with Gasteiger partial charge in [0.2, 0.25) is 0 Å². The minimum absolute atomic E-state index is 0.127. The van der Waals surface area contributed by atoms with Gasteiger partial charge in [0.05, 0.1) is 12.5 Å². The second kappa shape index (κ2) is 7.98. The summed E-state index contributed by atoms with van der Waals surface area (Å²) in [6.07, 6.45) is 2.57. The average molecular weight is 434 g/mol. The number of Topliss-reactive ketones (excluding diaryl/α,β-unsaturated/α-hetero) is 1. The van der Waals surface area contributed by atoms with Crippen molar-refractivity contribution in [2.24, 2.45) is 5.92 Å². The Morgan fingerprint density at radius 3 is 2.73 bits per heavy atom. The quantitative estimate of drug-likeness (QED) is 0.518. The van der Waals surface area contributed by atoms with Crippen LogP contribution in [0.5, 0.6) is 5.75 Å². The predicted octanol–water partition coefficient (Wildman–Crippen LogP) is 6.45. The van der Waals surface area contributed by atoms with Crippen LogP contribution in [0.4, 0.5) is 0 Å². The lowest BCUT2D eigenvalue weighted by Gasteiger charge is -2.26. The number of hydrogen-bond donors (Lipinski definition) is 0. The van der Waals surface area contributed by atoms with Gasteiger partial charge in [0.25, 0.3) is 0 Å². The van der Waals surface area contributed by atoms with E-state index in [-0.39, 0.29) is 11.7 Å². The van der Waals surface area contributed by atoms with Crippen molar-refractivity contribution in [1.82, 2.24) is 0 Å². The molecule has 0 aliphatic carbocycles. The van der Waals surface area contributed by atoms with Gasteiger partial charge in [-0.2, -0.15) is 0 Å². The van der Waals surface area contributed by atoms with E-state index in [4.69, 9.17) is 16.3 Å². The highest BCUT2D eigenvalue weighted by atomic mass is 79.9. The summed E-state index contributed by atoms with van der Waals surface area (Å²) < 4.78 is 6.85. The first kappa shape index (κ1) is 19.2. The van der Waals surface area contributed by atoms with Crippen molar-refractivity contribution in [2.45, 2.75) is 33.1 Å². The lowest BCUT2D eigenvalue weighted by Crippen LogP contribution is -2.29. The molecule has 0 aromatic heterocycles. The number of halogens is 2. The van der Waals surface area contributed by atoms with E-state index in [0.717, 1.165) is 26.9 Å².